The number of nitrogens with one attached hydrogen (secondary N) is 1. The van der Waals surface area contributed by atoms with Crippen LogP contribution in [0, 0.1) is 0 Å². The number of rotatable bonds is 3. The van der Waals surface area contributed by atoms with Gasteiger partial charge in [0.2, 0.25) is 0 Å². The van der Waals surface area contributed by atoms with Gasteiger partial charge in [0.25, 0.3) is 0 Å². The quantitative estimate of drug-likeness (QED) is 0.479. The second kappa shape index (κ2) is 6.03. The van der Waals surface area contributed by atoms with E-state index in [1.807, 2.05) is 42.5 Å². The Morgan fingerprint density at radius 3 is 2.30 bits per heavy atom. The Balaban J connectivity index is 1.89. The molecule has 2 heterocycles. The van der Waals surface area contributed by atoms with E-state index < -0.39 is 0 Å². The van der Waals surface area contributed by atoms with E-state index in [0.29, 0.717) is 0 Å². The molecule has 0 radical (unpaired) electrons. The van der Waals surface area contributed by atoms with Crippen molar-refractivity contribution < 1.29 is 0 Å². The van der Waals surface area contributed by atoms with Crippen molar-refractivity contribution in [3.8, 4) is 33.9 Å². The molecule has 0 unspecified atom stereocenters. The van der Waals surface area contributed by atoms with Gasteiger partial charge in [0, 0.05) is 27.1 Å². The normalized spacial score (nSPS) is 10.8. The molecule has 4 heteroatoms. The molecule has 0 fully saturated rings. The van der Waals surface area contributed by atoms with Crippen molar-refractivity contribution >= 4 is 22.9 Å². The van der Waals surface area contributed by atoms with Gasteiger partial charge in [-0.05, 0) is 35.7 Å². The van der Waals surface area contributed by atoms with Crippen molar-refractivity contribution in [1.82, 2.24) is 9.97 Å². The van der Waals surface area contributed by atoms with Crippen LogP contribution in [0.2, 0.25) is 5.02 Å². The lowest BCUT2D eigenvalue weighted by molar-refractivity contribution is 1.31. The van der Waals surface area contributed by atoms with Crippen molar-refractivity contribution in [2.24, 2.45) is 0 Å². The Morgan fingerprint density at radius 1 is 0.826 bits per heavy atom. The van der Waals surface area contributed by atoms with Gasteiger partial charge in [-0.2, -0.15) is 11.3 Å². The number of benzene rings is 2. The standard InChI is InChI=1S/C19H13ClN2S/c20-16-8-6-14(7-9-16)19-21-17(13-4-2-1-3-5-13)18(22-19)15-10-11-23-12-15/h1-12H,(H,21,22). The van der Waals surface area contributed by atoms with E-state index >= 15 is 0 Å². The first-order valence-electron chi connectivity index (χ1n) is 7.25. The molecule has 2 aromatic carbocycles. The first-order valence-corrected chi connectivity index (χ1v) is 8.57. The molecule has 0 spiro atoms. The third-order valence-corrected chi connectivity index (χ3v) is 4.61. The predicted molar refractivity (Wildman–Crippen MR) is 97.8 cm³/mol. The fourth-order valence-electron chi connectivity index (χ4n) is 2.54. The highest BCUT2D eigenvalue weighted by Crippen LogP contribution is 2.34. The summed E-state index contributed by atoms with van der Waals surface area (Å²) in [4.78, 5) is 8.31. The molecular weight excluding hydrogens is 324 g/mol. The molecule has 23 heavy (non-hydrogen) atoms. The number of nitrogens with zero attached hydrogens (tertiary/aromatic N) is 1. The summed E-state index contributed by atoms with van der Waals surface area (Å²) < 4.78 is 0. The van der Waals surface area contributed by atoms with E-state index in [9.17, 15) is 0 Å². The number of halogens is 1. The van der Waals surface area contributed by atoms with Gasteiger partial charge in [0.1, 0.15) is 5.82 Å². The fraction of sp³-hybridized carbons (Fsp3) is 0. The Kier molecular flexibility index (Phi) is 3.74. The Bertz CT molecular complexity index is 910. The lowest BCUT2D eigenvalue weighted by atomic mass is 10.1. The molecule has 1 N–H and O–H groups in total. The monoisotopic (exact) mass is 336 g/mol. The fourth-order valence-corrected chi connectivity index (χ4v) is 3.31. The van der Waals surface area contributed by atoms with Crippen LogP contribution >= 0.6 is 22.9 Å². The number of aromatic amines is 1. The Morgan fingerprint density at radius 2 is 1.61 bits per heavy atom. The maximum Gasteiger partial charge on any atom is 0.138 e. The van der Waals surface area contributed by atoms with Crippen molar-refractivity contribution in [3.05, 3.63) is 76.4 Å². The maximum absolute atomic E-state index is 5.98. The summed E-state index contributed by atoms with van der Waals surface area (Å²) in [5.74, 6) is 0.849. The highest BCUT2D eigenvalue weighted by molar-refractivity contribution is 7.08. The molecule has 112 valence electrons. The van der Waals surface area contributed by atoms with Crippen LogP contribution in [-0.4, -0.2) is 9.97 Å². The van der Waals surface area contributed by atoms with Crippen molar-refractivity contribution in [2.45, 2.75) is 0 Å². The van der Waals surface area contributed by atoms with Crippen molar-refractivity contribution in [3.63, 3.8) is 0 Å². The van der Waals surface area contributed by atoms with Crippen molar-refractivity contribution in [2.75, 3.05) is 0 Å². The largest absolute Gasteiger partial charge is 0.337 e. The van der Waals surface area contributed by atoms with Gasteiger partial charge in [0.05, 0.1) is 11.4 Å². The van der Waals surface area contributed by atoms with Crippen LogP contribution in [0.25, 0.3) is 33.9 Å². The Hall–Kier alpha value is -2.36. The summed E-state index contributed by atoms with van der Waals surface area (Å²) in [6.45, 7) is 0. The smallest absolute Gasteiger partial charge is 0.138 e. The topological polar surface area (TPSA) is 28.7 Å². The maximum atomic E-state index is 5.98. The number of H-pyrrole nitrogens is 1. The number of hydrogen-bond donors (Lipinski definition) is 1. The number of hydrogen-bond acceptors (Lipinski definition) is 2. The lowest BCUT2D eigenvalue weighted by Gasteiger charge is -2.00. The molecule has 0 amide bonds. The third kappa shape index (κ3) is 2.81. The molecule has 0 bridgehead atoms. The molecule has 0 saturated heterocycles. The summed E-state index contributed by atoms with van der Waals surface area (Å²) >= 11 is 7.66. The molecule has 0 atom stereocenters. The van der Waals surface area contributed by atoms with E-state index in [4.69, 9.17) is 16.6 Å². The number of aromatic nitrogens is 2. The van der Waals surface area contributed by atoms with Crippen LogP contribution in [0.15, 0.2) is 71.4 Å². The highest BCUT2D eigenvalue weighted by Gasteiger charge is 2.15. The minimum Gasteiger partial charge on any atom is -0.337 e. The molecule has 2 aromatic heterocycles. The minimum atomic E-state index is 0.724. The van der Waals surface area contributed by atoms with E-state index in [1.165, 1.54) is 0 Å². The zero-order valence-corrected chi connectivity index (χ0v) is 13.7. The van der Waals surface area contributed by atoms with E-state index in [2.05, 4.69) is 33.9 Å². The van der Waals surface area contributed by atoms with Gasteiger partial charge in [0.15, 0.2) is 0 Å². The molecule has 0 aliphatic rings. The third-order valence-electron chi connectivity index (χ3n) is 3.68. The summed E-state index contributed by atoms with van der Waals surface area (Å²) in [6.07, 6.45) is 0. The van der Waals surface area contributed by atoms with Gasteiger partial charge in [-0.25, -0.2) is 4.98 Å². The molecule has 0 saturated carbocycles. The predicted octanol–water partition coefficient (Wildman–Crippen LogP) is 6.13. The van der Waals surface area contributed by atoms with Crippen LogP contribution in [0.5, 0.6) is 0 Å². The number of thiophene rings is 1. The Labute approximate surface area is 143 Å². The summed E-state index contributed by atoms with van der Waals surface area (Å²) in [5.41, 5.74) is 5.29. The van der Waals surface area contributed by atoms with Gasteiger partial charge in [-0.3, -0.25) is 0 Å². The first kappa shape index (κ1) is 14.2. The average molecular weight is 337 g/mol. The van der Waals surface area contributed by atoms with Gasteiger partial charge < -0.3 is 4.98 Å². The molecule has 2 nitrogen and oxygen atoms in total. The van der Waals surface area contributed by atoms with Gasteiger partial charge in [-0.1, -0.05) is 41.9 Å². The highest BCUT2D eigenvalue weighted by atomic mass is 35.5. The van der Waals surface area contributed by atoms with Crippen LogP contribution in [0.3, 0.4) is 0 Å². The first-order chi connectivity index (χ1) is 11.3. The molecule has 4 rings (SSSR count). The van der Waals surface area contributed by atoms with E-state index in [0.717, 1.165) is 38.9 Å². The second-order valence-electron chi connectivity index (χ2n) is 5.19. The minimum absolute atomic E-state index is 0.724. The van der Waals surface area contributed by atoms with Crippen molar-refractivity contribution in [1.29, 1.82) is 0 Å². The van der Waals surface area contributed by atoms with Crippen LogP contribution in [0.4, 0.5) is 0 Å². The van der Waals surface area contributed by atoms with E-state index in [1.54, 1.807) is 11.3 Å². The second-order valence-corrected chi connectivity index (χ2v) is 6.41. The molecule has 0 aliphatic heterocycles. The van der Waals surface area contributed by atoms with Gasteiger partial charge in [-0.15, -0.1) is 0 Å². The SMILES string of the molecule is Clc1ccc(-c2nc(-c3ccsc3)c(-c3ccccc3)[nH]2)cc1. The molecule has 0 aliphatic carbocycles. The average Bonchev–Trinajstić information content (AvgIpc) is 3.26. The van der Waals surface area contributed by atoms with E-state index in [-0.39, 0.29) is 0 Å². The zero-order valence-electron chi connectivity index (χ0n) is 12.2. The van der Waals surface area contributed by atoms with Crippen LogP contribution < -0.4 is 0 Å². The summed E-state index contributed by atoms with van der Waals surface area (Å²) in [5, 5.41) is 4.91. The van der Waals surface area contributed by atoms with Crippen LogP contribution in [0.1, 0.15) is 0 Å². The molecule has 4 aromatic rings. The summed E-state index contributed by atoms with van der Waals surface area (Å²) in [7, 11) is 0. The lowest BCUT2D eigenvalue weighted by Crippen LogP contribution is -1.81. The molecular formula is C19H13ClN2S. The number of imidazole rings is 1. The van der Waals surface area contributed by atoms with Crippen LogP contribution in [-0.2, 0) is 0 Å². The van der Waals surface area contributed by atoms with Gasteiger partial charge >= 0.3 is 0 Å². The summed E-state index contributed by atoms with van der Waals surface area (Å²) in [6, 6.07) is 20.1. The zero-order chi connectivity index (χ0) is 15.6.